The van der Waals surface area contributed by atoms with Gasteiger partial charge in [-0.15, -0.1) is 0 Å². The van der Waals surface area contributed by atoms with Crippen molar-refractivity contribution < 1.29 is 14.6 Å². The van der Waals surface area contributed by atoms with Crippen LogP contribution in [0.2, 0.25) is 0 Å². The molecule has 1 aliphatic carbocycles. The van der Waals surface area contributed by atoms with E-state index in [1.807, 2.05) is 11.8 Å². The predicted octanol–water partition coefficient (Wildman–Crippen LogP) is 1.74. The fraction of sp³-hybridized carbons (Fsp3) is 0.944. The zero-order valence-electron chi connectivity index (χ0n) is 14.9. The maximum Gasteiger partial charge on any atom is 0.222 e. The van der Waals surface area contributed by atoms with Gasteiger partial charge in [0.1, 0.15) is 0 Å². The average molecular weight is 326 g/mol. The molecule has 0 aromatic rings. The largest absolute Gasteiger partial charge is 0.389 e. The summed E-state index contributed by atoms with van der Waals surface area (Å²) in [4.78, 5) is 16.7. The number of carbonyl (C=O) groups is 1. The molecule has 23 heavy (non-hydrogen) atoms. The van der Waals surface area contributed by atoms with E-state index in [0.717, 1.165) is 38.5 Å². The Hall–Kier alpha value is -0.650. The zero-order chi connectivity index (χ0) is 16.7. The van der Waals surface area contributed by atoms with Gasteiger partial charge in [0, 0.05) is 45.8 Å². The van der Waals surface area contributed by atoms with Gasteiger partial charge in [0.2, 0.25) is 5.91 Å². The number of amides is 1. The molecule has 0 aromatic heterocycles. The summed E-state index contributed by atoms with van der Waals surface area (Å²) in [6.07, 6.45) is 5.35. The van der Waals surface area contributed by atoms with Gasteiger partial charge < -0.3 is 14.7 Å². The van der Waals surface area contributed by atoms with Gasteiger partial charge >= 0.3 is 0 Å². The Morgan fingerprint density at radius 2 is 2.00 bits per heavy atom. The maximum atomic E-state index is 12.5. The lowest BCUT2D eigenvalue weighted by Crippen LogP contribution is -2.51. The van der Waals surface area contributed by atoms with E-state index in [1.54, 1.807) is 0 Å². The maximum absolute atomic E-state index is 12.5. The lowest BCUT2D eigenvalue weighted by Gasteiger charge is -2.36. The molecule has 2 rings (SSSR count). The van der Waals surface area contributed by atoms with Gasteiger partial charge in [0.15, 0.2) is 0 Å². The zero-order valence-corrected chi connectivity index (χ0v) is 14.9. The number of hydrogen-bond donors (Lipinski definition) is 1. The number of aliphatic hydroxyl groups is 1. The highest BCUT2D eigenvalue weighted by molar-refractivity contribution is 5.76. The van der Waals surface area contributed by atoms with Crippen molar-refractivity contribution in [1.82, 2.24) is 9.80 Å². The highest BCUT2D eigenvalue weighted by atomic mass is 16.5. The van der Waals surface area contributed by atoms with Gasteiger partial charge in [-0.1, -0.05) is 19.8 Å². The van der Waals surface area contributed by atoms with E-state index in [-0.39, 0.29) is 0 Å². The van der Waals surface area contributed by atoms with Gasteiger partial charge in [-0.05, 0) is 31.6 Å². The molecule has 5 heteroatoms. The Bertz CT molecular complexity index is 356. The third-order valence-corrected chi connectivity index (χ3v) is 5.22. The van der Waals surface area contributed by atoms with E-state index in [4.69, 9.17) is 4.74 Å². The van der Waals surface area contributed by atoms with Crippen molar-refractivity contribution >= 4 is 5.91 Å². The highest BCUT2D eigenvalue weighted by Crippen LogP contribution is 2.31. The van der Waals surface area contributed by atoms with E-state index >= 15 is 0 Å². The molecular formula is C18H34N2O3. The molecule has 1 N–H and O–H groups in total. The Labute approximate surface area is 141 Å². The van der Waals surface area contributed by atoms with Crippen LogP contribution in [0.5, 0.6) is 0 Å². The molecule has 0 bridgehead atoms. The first-order valence-electron chi connectivity index (χ1n) is 9.34. The molecule has 0 spiro atoms. The number of nitrogens with zero attached hydrogens (tertiary/aromatic N) is 2. The van der Waals surface area contributed by atoms with Crippen LogP contribution in [0.15, 0.2) is 0 Å². The Morgan fingerprint density at radius 1 is 1.26 bits per heavy atom. The standard InChI is InChI=1S/C18H34N2O3/c1-3-23-14-17(21)13-19-7-9-20(10-8-19)18(22)12-16-6-4-5-15(2)11-16/h15-17,21H,3-14H2,1-2H3/t15-,16+,17+/m0/s1. The minimum atomic E-state index is -0.430. The Balaban J connectivity index is 1.66. The molecule has 1 saturated heterocycles. The first-order chi connectivity index (χ1) is 11.1. The van der Waals surface area contributed by atoms with E-state index in [0.29, 0.717) is 31.6 Å². The molecule has 2 fully saturated rings. The molecule has 3 atom stereocenters. The van der Waals surface area contributed by atoms with Crippen LogP contribution in [0.25, 0.3) is 0 Å². The molecule has 0 aromatic carbocycles. The quantitative estimate of drug-likeness (QED) is 0.774. The number of hydrogen-bond acceptors (Lipinski definition) is 4. The number of piperazine rings is 1. The smallest absolute Gasteiger partial charge is 0.222 e. The molecule has 134 valence electrons. The second kappa shape index (κ2) is 9.60. The molecule has 1 amide bonds. The summed E-state index contributed by atoms with van der Waals surface area (Å²) in [6.45, 7) is 9.22. The van der Waals surface area contributed by atoms with Gasteiger partial charge in [0.05, 0.1) is 12.7 Å². The lowest BCUT2D eigenvalue weighted by atomic mass is 9.80. The Morgan fingerprint density at radius 3 is 2.65 bits per heavy atom. The fourth-order valence-corrected chi connectivity index (χ4v) is 3.91. The van der Waals surface area contributed by atoms with E-state index in [2.05, 4.69) is 11.8 Å². The van der Waals surface area contributed by atoms with Crippen LogP contribution < -0.4 is 0 Å². The second-order valence-corrected chi connectivity index (χ2v) is 7.34. The van der Waals surface area contributed by atoms with Crippen molar-refractivity contribution in [1.29, 1.82) is 0 Å². The van der Waals surface area contributed by atoms with Gasteiger partial charge in [0.25, 0.3) is 0 Å². The third-order valence-electron chi connectivity index (χ3n) is 5.22. The van der Waals surface area contributed by atoms with Crippen molar-refractivity contribution in [2.45, 2.75) is 52.1 Å². The Kier molecular flexibility index (Phi) is 7.80. The summed E-state index contributed by atoms with van der Waals surface area (Å²) < 4.78 is 5.25. The number of carbonyl (C=O) groups excluding carboxylic acids is 1. The molecule has 0 radical (unpaired) electrons. The highest BCUT2D eigenvalue weighted by Gasteiger charge is 2.26. The van der Waals surface area contributed by atoms with Crippen LogP contribution in [0.3, 0.4) is 0 Å². The summed E-state index contributed by atoms with van der Waals surface area (Å²) in [5.74, 6) is 1.71. The van der Waals surface area contributed by atoms with Crippen LogP contribution in [0, 0.1) is 11.8 Å². The van der Waals surface area contributed by atoms with Crippen molar-refractivity contribution in [2.75, 3.05) is 45.9 Å². The van der Waals surface area contributed by atoms with E-state index < -0.39 is 6.10 Å². The first kappa shape index (κ1) is 18.7. The number of rotatable bonds is 7. The summed E-state index contributed by atoms with van der Waals surface area (Å²) in [5.41, 5.74) is 0. The molecule has 2 aliphatic rings. The topological polar surface area (TPSA) is 53.0 Å². The van der Waals surface area contributed by atoms with Crippen molar-refractivity contribution in [2.24, 2.45) is 11.8 Å². The first-order valence-corrected chi connectivity index (χ1v) is 9.34. The van der Waals surface area contributed by atoms with E-state index in [1.165, 1.54) is 25.7 Å². The molecule has 1 saturated carbocycles. The minimum absolute atomic E-state index is 0.332. The molecule has 1 aliphatic heterocycles. The second-order valence-electron chi connectivity index (χ2n) is 7.34. The van der Waals surface area contributed by atoms with Crippen molar-refractivity contribution in [3.63, 3.8) is 0 Å². The number of β-amino-alcohol motifs (C(OH)–C–C–N with tert-alkyl or cyclic N) is 1. The lowest BCUT2D eigenvalue weighted by molar-refractivity contribution is -0.134. The normalized spacial score (nSPS) is 27.9. The van der Waals surface area contributed by atoms with Crippen LogP contribution in [0.1, 0.15) is 46.0 Å². The van der Waals surface area contributed by atoms with Crippen molar-refractivity contribution in [3.05, 3.63) is 0 Å². The summed E-state index contributed by atoms with van der Waals surface area (Å²) in [5, 5.41) is 9.90. The van der Waals surface area contributed by atoms with Gasteiger partial charge in [-0.2, -0.15) is 0 Å². The number of aliphatic hydroxyl groups excluding tert-OH is 1. The van der Waals surface area contributed by atoms with E-state index in [9.17, 15) is 9.90 Å². The van der Waals surface area contributed by atoms with Crippen molar-refractivity contribution in [3.8, 4) is 0 Å². The van der Waals surface area contributed by atoms with Crippen LogP contribution in [-0.2, 0) is 9.53 Å². The number of ether oxygens (including phenoxy) is 1. The minimum Gasteiger partial charge on any atom is -0.389 e. The van der Waals surface area contributed by atoms with Gasteiger partial charge in [-0.3, -0.25) is 9.69 Å². The SMILES string of the molecule is CCOC[C@H](O)CN1CCN(C(=O)C[C@@H]2CCC[C@H](C)C2)CC1. The molecule has 5 nitrogen and oxygen atoms in total. The van der Waals surface area contributed by atoms with Gasteiger partial charge in [-0.25, -0.2) is 0 Å². The van der Waals surface area contributed by atoms with Crippen LogP contribution >= 0.6 is 0 Å². The summed E-state index contributed by atoms with van der Waals surface area (Å²) >= 11 is 0. The third kappa shape index (κ3) is 6.40. The summed E-state index contributed by atoms with van der Waals surface area (Å²) in [6, 6.07) is 0. The molecule has 0 unspecified atom stereocenters. The molecule has 1 heterocycles. The fourth-order valence-electron chi connectivity index (χ4n) is 3.91. The predicted molar refractivity (Wildman–Crippen MR) is 91.3 cm³/mol. The molecular weight excluding hydrogens is 292 g/mol. The van der Waals surface area contributed by atoms with Crippen LogP contribution in [0.4, 0.5) is 0 Å². The summed E-state index contributed by atoms with van der Waals surface area (Å²) in [7, 11) is 0. The monoisotopic (exact) mass is 326 g/mol. The van der Waals surface area contributed by atoms with Crippen LogP contribution in [-0.4, -0.2) is 72.9 Å². The average Bonchev–Trinajstić information content (AvgIpc) is 2.53.